The molecule has 0 saturated heterocycles. The molecular formula is C13H9Cl2N3OS. The van der Waals surface area contributed by atoms with Crippen LogP contribution in [-0.2, 0) is 6.54 Å². The first-order valence-electron chi connectivity index (χ1n) is 5.79. The van der Waals surface area contributed by atoms with E-state index in [0.29, 0.717) is 32.6 Å². The first-order valence-corrected chi connectivity index (χ1v) is 7.42. The van der Waals surface area contributed by atoms with Gasteiger partial charge in [0.25, 0.3) is 5.56 Å². The van der Waals surface area contributed by atoms with Gasteiger partial charge >= 0.3 is 0 Å². The second-order valence-corrected chi connectivity index (χ2v) is 5.89. The number of halogens is 2. The van der Waals surface area contributed by atoms with Gasteiger partial charge in [-0.1, -0.05) is 23.2 Å². The molecule has 0 saturated carbocycles. The molecule has 102 valence electrons. The molecule has 0 aliphatic rings. The highest BCUT2D eigenvalue weighted by molar-refractivity contribution is 7.17. The smallest absolute Gasteiger partial charge is 0.268 e. The van der Waals surface area contributed by atoms with Crippen molar-refractivity contribution in [2.24, 2.45) is 0 Å². The van der Waals surface area contributed by atoms with Crippen LogP contribution in [0.5, 0.6) is 0 Å². The molecule has 0 amide bonds. The Balaban J connectivity index is 1.84. The third-order valence-corrected chi connectivity index (χ3v) is 4.19. The summed E-state index contributed by atoms with van der Waals surface area (Å²) in [6.45, 7) is 0.377. The monoisotopic (exact) mass is 325 g/mol. The Labute approximate surface area is 128 Å². The van der Waals surface area contributed by atoms with E-state index >= 15 is 0 Å². The maximum atomic E-state index is 11.8. The summed E-state index contributed by atoms with van der Waals surface area (Å²) in [7, 11) is 0. The molecule has 3 rings (SSSR count). The summed E-state index contributed by atoms with van der Waals surface area (Å²) in [6.07, 6.45) is 0. The van der Waals surface area contributed by atoms with E-state index in [4.69, 9.17) is 23.2 Å². The van der Waals surface area contributed by atoms with Crippen molar-refractivity contribution >= 4 is 50.4 Å². The highest BCUT2D eigenvalue weighted by Crippen LogP contribution is 2.25. The van der Waals surface area contributed by atoms with Gasteiger partial charge in [-0.15, -0.1) is 11.3 Å². The summed E-state index contributed by atoms with van der Waals surface area (Å²) in [5, 5.41) is 6.07. The van der Waals surface area contributed by atoms with E-state index in [2.05, 4.69) is 15.3 Å². The van der Waals surface area contributed by atoms with Gasteiger partial charge < -0.3 is 10.3 Å². The highest BCUT2D eigenvalue weighted by Gasteiger charge is 2.06. The summed E-state index contributed by atoms with van der Waals surface area (Å²) in [4.78, 5) is 19.0. The summed E-state index contributed by atoms with van der Waals surface area (Å²) >= 11 is 13.3. The topological polar surface area (TPSA) is 57.8 Å². The molecule has 2 aromatic heterocycles. The lowest BCUT2D eigenvalue weighted by atomic mass is 10.3. The summed E-state index contributed by atoms with van der Waals surface area (Å²) in [6, 6.07) is 7.01. The van der Waals surface area contributed by atoms with Crippen LogP contribution in [0.15, 0.2) is 34.4 Å². The molecule has 0 atom stereocenters. The van der Waals surface area contributed by atoms with Gasteiger partial charge in [0.15, 0.2) is 0 Å². The highest BCUT2D eigenvalue weighted by atomic mass is 35.5. The van der Waals surface area contributed by atoms with Crippen LogP contribution in [0.2, 0.25) is 10.0 Å². The average molecular weight is 326 g/mol. The van der Waals surface area contributed by atoms with Crippen molar-refractivity contribution in [3.63, 3.8) is 0 Å². The number of rotatable bonds is 3. The predicted molar refractivity (Wildman–Crippen MR) is 84.0 cm³/mol. The Hall–Kier alpha value is -1.56. The number of hydrogen-bond acceptors (Lipinski definition) is 4. The fraction of sp³-hybridized carbons (Fsp3) is 0.0769. The van der Waals surface area contributed by atoms with Crippen LogP contribution in [0.1, 0.15) is 5.82 Å². The third-order valence-electron chi connectivity index (χ3n) is 2.74. The zero-order valence-electron chi connectivity index (χ0n) is 10.1. The van der Waals surface area contributed by atoms with Crippen molar-refractivity contribution in [3.05, 3.63) is 55.9 Å². The minimum Gasteiger partial charge on any atom is -0.377 e. The van der Waals surface area contributed by atoms with Crippen molar-refractivity contribution < 1.29 is 0 Å². The molecule has 2 heterocycles. The summed E-state index contributed by atoms with van der Waals surface area (Å²) < 4.78 is 0.637. The second kappa shape index (κ2) is 5.44. The van der Waals surface area contributed by atoms with E-state index in [1.54, 1.807) is 18.2 Å². The number of hydrogen-bond donors (Lipinski definition) is 2. The van der Waals surface area contributed by atoms with Crippen molar-refractivity contribution in [1.29, 1.82) is 0 Å². The number of anilines is 1. The van der Waals surface area contributed by atoms with E-state index < -0.39 is 0 Å². The Morgan fingerprint density at radius 3 is 2.95 bits per heavy atom. The number of nitrogens with zero attached hydrogens (tertiary/aromatic N) is 1. The molecule has 20 heavy (non-hydrogen) atoms. The van der Waals surface area contributed by atoms with Crippen LogP contribution in [-0.4, -0.2) is 9.97 Å². The molecule has 0 spiro atoms. The van der Waals surface area contributed by atoms with Gasteiger partial charge in [0.2, 0.25) is 0 Å². The van der Waals surface area contributed by atoms with Gasteiger partial charge in [0.05, 0.1) is 22.8 Å². The second-order valence-electron chi connectivity index (χ2n) is 4.13. The van der Waals surface area contributed by atoms with Crippen LogP contribution in [0.25, 0.3) is 10.2 Å². The standard InChI is InChI=1S/C13H9Cl2N3OS/c14-7-1-2-9(8(15)5-7)16-6-11-17-10-3-4-20-12(10)13(19)18-11/h1-5,16H,6H2,(H,17,18,19). The fourth-order valence-corrected chi connectivity index (χ4v) is 3.02. The third kappa shape index (κ3) is 2.65. The number of nitrogens with one attached hydrogen (secondary N) is 2. The normalized spacial score (nSPS) is 10.9. The lowest BCUT2D eigenvalue weighted by Gasteiger charge is -2.08. The van der Waals surface area contributed by atoms with Crippen LogP contribution in [0.3, 0.4) is 0 Å². The van der Waals surface area contributed by atoms with Crippen LogP contribution in [0, 0.1) is 0 Å². The zero-order chi connectivity index (χ0) is 14.1. The molecule has 2 N–H and O–H groups in total. The zero-order valence-corrected chi connectivity index (χ0v) is 12.4. The summed E-state index contributed by atoms with van der Waals surface area (Å²) in [5.41, 5.74) is 1.32. The number of thiophene rings is 1. The van der Waals surface area contributed by atoms with E-state index in [9.17, 15) is 4.79 Å². The van der Waals surface area contributed by atoms with Gasteiger partial charge in [-0.25, -0.2) is 4.98 Å². The first-order chi connectivity index (χ1) is 9.63. The molecule has 3 aromatic rings. The van der Waals surface area contributed by atoms with Crippen LogP contribution in [0.4, 0.5) is 5.69 Å². The van der Waals surface area contributed by atoms with Crippen LogP contribution >= 0.6 is 34.5 Å². The van der Waals surface area contributed by atoms with Crippen molar-refractivity contribution in [2.75, 3.05) is 5.32 Å². The molecular weight excluding hydrogens is 317 g/mol. The maximum absolute atomic E-state index is 11.8. The number of fused-ring (bicyclic) bond motifs is 1. The predicted octanol–water partition coefficient (Wildman–Crippen LogP) is 3.90. The maximum Gasteiger partial charge on any atom is 0.268 e. The van der Waals surface area contributed by atoms with Gasteiger partial charge in [-0.2, -0.15) is 0 Å². The molecule has 7 heteroatoms. The Morgan fingerprint density at radius 2 is 2.15 bits per heavy atom. The van der Waals surface area contributed by atoms with E-state index in [-0.39, 0.29) is 5.56 Å². The first kappa shape index (κ1) is 13.4. The van der Waals surface area contributed by atoms with Crippen LogP contribution < -0.4 is 10.9 Å². The number of H-pyrrole nitrogens is 1. The van der Waals surface area contributed by atoms with E-state index in [0.717, 1.165) is 5.69 Å². The molecule has 0 radical (unpaired) electrons. The quantitative estimate of drug-likeness (QED) is 0.767. The molecule has 0 aliphatic heterocycles. The minimum atomic E-state index is -0.121. The van der Waals surface area contributed by atoms with Crippen molar-refractivity contribution in [3.8, 4) is 0 Å². The molecule has 1 aromatic carbocycles. The molecule has 0 bridgehead atoms. The van der Waals surface area contributed by atoms with Gasteiger partial charge in [0, 0.05) is 5.02 Å². The minimum absolute atomic E-state index is 0.121. The molecule has 0 unspecified atom stereocenters. The van der Waals surface area contributed by atoms with E-state index in [1.165, 1.54) is 11.3 Å². The fourth-order valence-electron chi connectivity index (χ4n) is 1.82. The average Bonchev–Trinajstić information content (AvgIpc) is 2.86. The lowest BCUT2D eigenvalue weighted by molar-refractivity contribution is 0.956. The number of aromatic nitrogens is 2. The van der Waals surface area contributed by atoms with Gasteiger partial charge in [0.1, 0.15) is 10.5 Å². The number of benzene rings is 1. The largest absolute Gasteiger partial charge is 0.377 e. The Morgan fingerprint density at radius 1 is 1.30 bits per heavy atom. The Bertz CT molecular complexity index is 828. The SMILES string of the molecule is O=c1[nH]c(CNc2ccc(Cl)cc2Cl)nc2ccsc12. The van der Waals surface area contributed by atoms with Gasteiger partial charge in [-0.05, 0) is 29.6 Å². The molecule has 4 nitrogen and oxygen atoms in total. The van der Waals surface area contributed by atoms with Gasteiger partial charge in [-0.3, -0.25) is 4.79 Å². The van der Waals surface area contributed by atoms with E-state index in [1.807, 2.05) is 11.4 Å². The Kier molecular flexibility index (Phi) is 3.65. The van der Waals surface area contributed by atoms with Crippen molar-refractivity contribution in [2.45, 2.75) is 6.54 Å². The summed E-state index contributed by atoms with van der Waals surface area (Å²) in [5.74, 6) is 0.562. The molecule has 0 fully saturated rings. The number of aromatic amines is 1. The molecule has 0 aliphatic carbocycles. The van der Waals surface area contributed by atoms with Crippen molar-refractivity contribution in [1.82, 2.24) is 9.97 Å². The lowest BCUT2D eigenvalue weighted by Crippen LogP contribution is -2.13.